The van der Waals surface area contributed by atoms with Crippen molar-refractivity contribution in [1.29, 1.82) is 0 Å². The zero-order chi connectivity index (χ0) is 14.7. The normalized spacial score (nSPS) is 11.2. The van der Waals surface area contributed by atoms with E-state index in [1.807, 2.05) is 16.9 Å². The first kappa shape index (κ1) is 14.5. The molecule has 0 aliphatic rings. The lowest BCUT2D eigenvalue weighted by Crippen LogP contribution is -2.09. The SMILES string of the molecule is CCC(CC)n1ccc(Cn2cc(Cl)c([N+](=O)[O-])n2)n1. The van der Waals surface area contributed by atoms with Crippen molar-refractivity contribution in [3.8, 4) is 0 Å². The summed E-state index contributed by atoms with van der Waals surface area (Å²) in [5, 5.41) is 19.0. The van der Waals surface area contributed by atoms with Crippen molar-refractivity contribution in [1.82, 2.24) is 19.6 Å². The van der Waals surface area contributed by atoms with Gasteiger partial charge in [0.2, 0.25) is 0 Å². The second kappa shape index (κ2) is 6.04. The predicted molar refractivity (Wildman–Crippen MR) is 74.8 cm³/mol. The zero-order valence-electron chi connectivity index (χ0n) is 11.4. The topological polar surface area (TPSA) is 78.8 Å². The number of hydrogen-bond donors (Lipinski definition) is 0. The van der Waals surface area contributed by atoms with Crippen LogP contribution in [0.2, 0.25) is 5.02 Å². The highest BCUT2D eigenvalue weighted by atomic mass is 35.5. The minimum Gasteiger partial charge on any atom is -0.358 e. The Labute approximate surface area is 121 Å². The molecule has 0 aliphatic heterocycles. The van der Waals surface area contributed by atoms with Gasteiger partial charge in [0.1, 0.15) is 6.54 Å². The Morgan fingerprint density at radius 2 is 2.10 bits per heavy atom. The molecule has 2 rings (SSSR count). The van der Waals surface area contributed by atoms with E-state index in [9.17, 15) is 10.1 Å². The summed E-state index contributed by atoms with van der Waals surface area (Å²) in [6.07, 6.45) is 5.38. The molecule has 0 amide bonds. The second-order valence-corrected chi connectivity index (χ2v) is 4.92. The number of halogens is 1. The smallest absolute Gasteiger partial charge is 0.358 e. The van der Waals surface area contributed by atoms with Crippen LogP contribution in [0.5, 0.6) is 0 Å². The minimum atomic E-state index is -0.596. The predicted octanol–water partition coefficient (Wildman–Crippen LogP) is 3.05. The van der Waals surface area contributed by atoms with E-state index >= 15 is 0 Å². The van der Waals surface area contributed by atoms with E-state index in [0.717, 1.165) is 18.5 Å². The van der Waals surface area contributed by atoms with Crippen molar-refractivity contribution in [2.75, 3.05) is 0 Å². The van der Waals surface area contributed by atoms with Crippen molar-refractivity contribution in [2.24, 2.45) is 0 Å². The van der Waals surface area contributed by atoms with Gasteiger partial charge in [-0.05, 0) is 23.8 Å². The number of hydrogen-bond acceptors (Lipinski definition) is 4. The third kappa shape index (κ3) is 2.98. The van der Waals surface area contributed by atoms with E-state index in [1.165, 1.54) is 10.9 Å². The molecule has 108 valence electrons. The molecule has 2 aromatic heterocycles. The monoisotopic (exact) mass is 297 g/mol. The molecule has 0 atom stereocenters. The average molecular weight is 298 g/mol. The lowest BCUT2D eigenvalue weighted by atomic mass is 10.2. The van der Waals surface area contributed by atoms with Gasteiger partial charge < -0.3 is 10.1 Å². The molecule has 0 aliphatic carbocycles. The van der Waals surface area contributed by atoms with Crippen LogP contribution in [0.4, 0.5) is 5.82 Å². The van der Waals surface area contributed by atoms with Gasteiger partial charge >= 0.3 is 5.82 Å². The zero-order valence-corrected chi connectivity index (χ0v) is 12.1. The van der Waals surface area contributed by atoms with E-state index in [4.69, 9.17) is 11.6 Å². The van der Waals surface area contributed by atoms with Gasteiger partial charge in [0.05, 0.1) is 23.0 Å². The Balaban J connectivity index is 2.14. The van der Waals surface area contributed by atoms with Gasteiger partial charge in [-0.1, -0.05) is 25.4 Å². The average Bonchev–Trinajstić information content (AvgIpc) is 2.99. The van der Waals surface area contributed by atoms with Gasteiger partial charge in [-0.15, -0.1) is 0 Å². The molecular weight excluding hydrogens is 282 g/mol. The molecule has 0 aromatic carbocycles. The van der Waals surface area contributed by atoms with Crippen molar-refractivity contribution in [2.45, 2.75) is 39.3 Å². The molecule has 0 N–H and O–H groups in total. The molecule has 0 bridgehead atoms. The van der Waals surface area contributed by atoms with Crippen LogP contribution < -0.4 is 0 Å². The van der Waals surface area contributed by atoms with Crippen molar-refractivity contribution in [3.63, 3.8) is 0 Å². The van der Waals surface area contributed by atoms with Gasteiger partial charge in [-0.3, -0.25) is 4.68 Å². The minimum absolute atomic E-state index is 0.0365. The summed E-state index contributed by atoms with van der Waals surface area (Å²) in [7, 11) is 0. The Morgan fingerprint density at radius 1 is 1.40 bits per heavy atom. The highest BCUT2D eigenvalue weighted by Crippen LogP contribution is 2.22. The van der Waals surface area contributed by atoms with Gasteiger partial charge in [0, 0.05) is 6.20 Å². The first-order valence-electron chi connectivity index (χ1n) is 6.46. The molecule has 0 unspecified atom stereocenters. The maximum absolute atomic E-state index is 10.7. The Morgan fingerprint density at radius 3 is 2.65 bits per heavy atom. The van der Waals surface area contributed by atoms with Crippen LogP contribution in [0.25, 0.3) is 0 Å². The van der Waals surface area contributed by atoms with Crippen LogP contribution >= 0.6 is 11.6 Å². The molecule has 0 fully saturated rings. The van der Waals surface area contributed by atoms with Gasteiger partial charge in [0.25, 0.3) is 0 Å². The van der Waals surface area contributed by atoms with Crippen LogP contribution in [0, 0.1) is 10.1 Å². The lowest BCUT2D eigenvalue weighted by molar-refractivity contribution is -0.389. The molecule has 2 aromatic rings. The first-order chi connectivity index (χ1) is 9.55. The number of nitro groups is 1. The Hall–Kier alpha value is -1.89. The number of rotatable bonds is 6. The molecular formula is C12H16ClN5O2. The third-order valence-corrected chi connectivity index (χ3v) is 3.44. The van der Waals surface area contributed by atoms with E-state index in [1.54, 1.807) is 0 Å². The fraction of sp³-hybridized carbons (Fsp3) is 0.500. The summed E-state index contributed by atoms with van der Waals surface area (Å²) in [5.41, 5.74) is 0.797. The third-order valence-electron chi connectivity index (χ3n) is 3.18. The molecule has 8 heteroatoms. The summed E-state index contributed by atoms with van der Waals surface area (Å²) in [5.74, 6) is -0.328. The first-order valence-corrected chi connectivity index (χ1v) is 6.84. The van der Waals surface area contributed by atoms with Crippen molar-refractivity contribution < 1.29 is 4.92 Å². The Kier molecular flexibility index (Phi) is 4.39. The summed E-state index contributed by atoms with van der Waals surface area (Å²) in [4.78, 5) is 10.1. The maximum atomic E-state index is 10.7. The van der Waals surface area contributed by atoms with E-state index in [-0.39, 0.29) is 10.8 Å². The molecule has 0 radical (unpaired) electrons. The van der Waals surface area contributed by atoms with E-state index in [2.05, 4.69) is 24.0 Å². The van der Waals surface area contributed by atoms with Gasteiger partial charge in [-0.25, -0.2) is 0 Å². The summed E-state index contributed by atoms with van der Waals surface area (Å²) >= 11 is 5.76. The standard InChI is InChI=1S/C12H16ClN5O2/c1-3-10(4-2)17-6-5-9(14-17)7-16-8-11(13)12(15-16)18(19)20/h5-6,8,10H,3-4,7H2,1-2H3. The fourth-order valence-corrected chi connectivity index (χ4v) is 2.30. The van der Waals surface area contributed by atoms with Gasteiger partial charge in [0.15, 0.2) is 5.02 Å². The molecule has 0 spiro atoms. The quantitative estimate of drug-likeness (QED) is 0.606. The second-order valence-electron chi connectivity index (χ2n) is 4.51. The number of aromatic nitrogens is 4. The van der Waals surface area contributed by atoms with Crippen LogP contribution in [0.1, 0.15) is 38.4 Å². The Bertz CT molecular complexity index is 603. The summed E-state index contributed by atoms with van der Waals surface area (Å²) < 4.78 is 3.36. The highest BCUT2D eigenvalue weighted by Gasteiger charge is 2.19. The van der Waals surface area contributed by atoms with E-state index < -0.39 is 4.92 Å². The fourth-order valence-electron chi connectivity index (χ4n) is 2.09. The van der Waals surface area contributed by atoms with Gasteiger partial charge in [-0.2, -0.15) is 9.78 Å². The van der Waals surface area contributed by atoms with Crippen LogP contribution in [-0.4, -0.2) is 24.5 Å². The molecule has 0 saturated heterocycles. The summed E-state index contributed by atoms with van der Waals surface area (Å²) in [6, 6.07) is 2.26. The van der Waals surface area contributed by atoms with Crippen molar-refractivity contribution >= 4 is 17.4 Å². The number of nitrogens with zero attached hydrogens (tertiary/aromatic N) is 5. The van der Waals surface area contributed by atoms with E-state index in [0.29, 0.717) is 12.6 Å². The lowest BCUT2D eigenvalue weighted by Gasteiger charge is -2.12. The van der Waals surface area contributed by atoms with Crippen LogP contribution in [0.15, 0.2) is 18.5 Å². The molecule has 20 heavy (non-hydrogen) atoms. The molecule has 2 heterocycles. The van der Waals surface area contributed by atoms with Crippen molar-refractivity contribution in [3.05, 3.63) is 39.3 Å². The molecule has 0 saturated carbocycles. The largest absolute Gasteiger partial charge is 0.408 e. The molecule has 7 nitrogen and oxygen atoms in total. The maximum Gasteiger partial charge on any atom is 0.408 e. The summed E-state index contributed by atoms with van der Waals surface area (Å²) in [6.45, 7) is 4.60. The highest BCUT2D eigenvalue weighted by molar-refractivity contribution is 6.32. The van der Waals surface area contributed by atoms with Crippen LogP contribution in [0.3, 0.4) is 0 Å². The van der Waals surface area contributed by atoms with Crippen LogP contribution in [-0.2, 0) is 6.54 Å².